The molecule has 0 aromatic rings. The summed E-state index contributed by atoms with van der Waals surface area (Å²) >= 11 is 0. The van der Waals surface area contributed by atoms with E-state index in [1.54, 1.807) is 0 Å². The zero-order valence-corrected chi connectivity index (χ0v) is 7.91. The van der Waals surface area contributed by atoms with Crippen molar-refractivity contribution in [3.05, 3.63) is 0 Å². The second-order valence-electron chi connectivity index (χ2n) is 4.87. The fourth-order valence-corrected chi connectivity index (χ4v) is 2.89. The van der Waals surface area contributed by atoms with Crippen molar-refractivity contribution in [2.24, 2.45) is 11.3 Å². The summed E-state index contributed by atoms with van der Waals surface area (Å²) in [4.78, 5) is 0. The first-order valence-corrected chi connectivity index (χ1v) is 4.88. The van der Waals surface area contributed by atoms with E-state index < -0.39 is 0 Å². The molecule has 11 heavy (non-hydrogen) atoms. The lowest BCUT2D eigenvalue weighted by molar-refractivity contribution is 0.0697. The highest BCUT2D eigenvalue weighted by Gasteiger charge is 2.60. The Labute approximate surface area is 69.6 Å². The third kappa shape index (κ3) is 0.807. The molecule has 1 saturated carbocycles. The summed E-state index contributed by atoms with van der Waals surface area (Å²) in [6.45, 7) is 8.30. The van der Waals surface area contributed by atoms with Crippen molar-refractivity contribution in [3.8, 4) is 0 Å². The Kier molecular flexibility index (Phi) is 1.39. The largest absolute Gasteiger partial charge is 0.310 e. The molecule has 3 fully saturated rings. The van der Waals surface area contributed by atoms with Crippen LogP contribution in [-0.4, -0.2) is 12.1 Å². The van der Waals surface area contributed by atoms with E-state index in [-0.39, 0.29) is 0 Å². The van der Waals surface area contributed by atoms with E-state index in [4.69, 9.17) is 0 Å². The van der Waals surface area contributed by atoms with E-state index in [0.717, 1.165) is 5.92 Å². The molecule has 0 atom stereocenters. The molecule has 3 aliphatic rings. The molecule has 1 heteroatoms. The lowest BCUT2D eigenvalue weighted by atomic mass is 9.57. The van der Waals surface area contributed by atoms with Gasteiger partial charge in [-0.2, -0.15) is 0 Å². The molecule has 3 rings (SSSR count). The van der Waals surface area contributed by atoms with Crippen LogP contribution in [0, 0.1) is 11.3 Å². The molecule has 1 nitrogen and oxygen atoms in total. The van der Waals surface area contributed by atoms with Crippen LogP contribution in [0.5, 0.6) is 0 Å². The van der Waals surface area contributed by atoms with Gasteiger partial charge >= 0.3 is 0 Å². The van der Waals surface area contributed by atoms with Gasteiger partial charge < -0.3 is 5.32 Å². The minimum Gasteiger partial charge on any atom is -0.310 e. The van der Waals surface area contributed by atoms with Crippen LogP contribution in [0.1, 0.15) is 40.0 Å². The molecule has 1 N–H and O–H groups in total. The minimum absolute atomic E-state index is 0.552. The smallest absolute Gasteiger partial charge is 0.0216 e. The van der Waals surface area contributed by atoms with E-state index in [0.29, 0.717) is 11.0 Å². The highest BCUT2D eigenvalue weighted by molar-refractivity contribution is 5.17. The number of nitrogens with one attached hydrogen (secondary N) is 1. The minimum atomic E-state index is 0.552. The summed E-state index contributed by atoms with van der Waals surface area (Å²) in [7, 11) is 0. The Balaban J connectivity index is 2.08. The fraction of sp³-hybridized carbons (Fsp3) is 1.00. The van der Waals surface area contributed by atoms with Crippen LogP contribution in [0.15, 0.2) is 0 Å². The van der Waals surface area contributed by atoms with Crippen LogP contribution < -0.4 is 5.32 Å². The lowest BCUT2D eigenvalue weighted by Crippen LogP contribution is -2.51. The normalized spacial score (nSPS) is 48.0. The highest BCUT2D eigenvalue weighted by Crippen LogP contribution is 2.58. The summed E-state index contributed by atoms with van der Waals surface area (Å²) in [5, 5.41) is 3.70. The van der Waals surface area contributed by atoms with Gasteiger partial charge in [0.2, 0.25) is 0 Å². The van der Waals surface area contributed by atoms with Gasteiger partial charge in [-0.3, -0.25) is 0 Å². The van der Waals surface area contributed by atoms with E-state index in [1.807, 2.05) is 0 Å². The maximum atomic E-state index is 3.70. The standard InChI is InChI=1S/C10H19N/c1-4-9-5-10(6-9,8(2)3)11-7-9/h8,11H,4-7H2,1-3H3. The summed E-state index contributed by atoms with van der Waals surface area (Å²) in [6.07, 6.45) is 4.25. The summed E-state index contributed by atoms with van der Waals surface area (Å²) < 4.78 is 0. The molecule has 0 amide bonds. The molecule has 0 unspecified atom stereocenters. The van der Waals surface area contributed by atoms with Crippen molar-refractivity contribution in [3.63, 3.8) is 0 Å². The lowest BCUT2D eigenvalue weighted by Gasteiger charge is -2.48. The SMILES string of the molecule is CCC12CNC(C(C)C)(C1)C2. The van der Waals surface area contributed by atoms with Gasteiger partial charge in [0.15, 0.2) is 0 Å². The number of hydrogen-bond acceptors (Lipinski definition) is 1. The molecular weight excluding hydrogens is 134 g/mol. The molecule has 0 aromatic heterocycles. The molecule has 0 spiro atoms. The van der Waals surface area contributed by atoms with Gasteiger partial charge in [0, 0.05) is 12.1 Å². The molecular formula is C10H19N. The summed E-state index contributed by atoms with van der Waals surface area (Å²) in [5.41, 5.74) is 1.26. The Morgan fingerprint density at radius 2 is 2.00 bits per heavy atom. The number of hydrogen-bond donors (Lipinski definition) is 1. The average Bonchev–Trinajstić information content (AvgIpc) is 2.39. The molecule has 1 aliphatic carbocycles. The zero-order chi connectivity index (χ0) is 8.11. The molecule has 0 radical (unpaired) electrons. The predicted molar refractivity (Wildman–Crippen MR) is 47.5 cm³/mol. The topological polar surface area (TPSA) is 12.0 Å². The predicted octanol–water partition coefficient (Wildman–Crippen LogP) is 2.17. The highest BCUT2D eigenvalue weighted by atomic mass is 15.1. The van der Waals surface area contributed by atoms with Crippen molar-refractivity contribution in [1.29, 1.82) is 0 Å². The van der Waals surface area contributed by atoms with Crippen LogP contribution in [0.2, 0.25) is 0 Å². The van der Waals surface area contributed by atoms with Gasteiger partial charge in [0.05, 0.1) is 0 Å². The van der Waals surface area contributed by atoms with Crippen LogP contribution in [0.4, 0.5) is 0 Å². The van der Waals surface area contributed by atoms with E-state index in [1.165, 1.54) is 25.8 Å². The van der Waals surface area contributed by atoms with Gasteiger partial charge in [-0.25, -0.2) is 0 Å². The molecule has 64 valence electrons. The first-order valence-electron chi connectivity index (χ1n) is 4.88. The van der Waals surface area contributed by atoms with Crippen LogP contribution >= 0.6 is 0 Å². The summed E-state index contributed by atoms with van der Waals surface area (Å²) in [6, 6.07) is 0. The Bertz CT molecular complexity index is 166. The first kappa shape index (κ1) is 7.60. The van der Waals surface area contributed by atoms with E-state index >= 15 is 0 Å². The third-order valence-electron chi connectivity index (χ3n) is 4.05. The first-order chi connectivity index (χ1) is 5.13. The fourth-order valence-electron chi connectivity index (χ4n) is 2.89. The maximum absolute atomic E-state index is 3.70. The van der Waals surface area contributed by atoms with Gasteiger partial charge in [-0.15, -0.1) is 0 Å². The summed E-state index contributed by atoms with van der Waals surface area (Å²) in [5.74, 6) is 0.824. The van der Waals surface area contributed by atoms with Gasteiger partial charge in [0.1, 0.15) is 0 Å². The van der Waals surface area contributed by atoms with Gasteiger partial charge in [-0.1, -0.05) is 20.8 Å². The third-order valence-corrected chi connectivity index (χ3v) is 4.05. The van der Waals surface area contributed by atoms with Crippen molar-refractivity contribution in [2.75, 3.05) is 6.54 Å². The Morgan fingerprint density at radius 1 is 1.36 bits per heavy atom. The zero-order valence-electron chi connectivity index (χ0n) is 7.91. The molecule has 0 aromatic carbocycles. The van der Waals surface area contributed by atoms with Gasteiger partial charge in [0.25, 0.3) is 0 Å². The quantitative estimate of drug-likeness (QED) is 0.641. The monoisotopic (exact) mass is 153 g/mol. The number of rotatable bonds is 2. The molecule has 2 bridgehead atoms. The number of fused-ring (bicyclic) bond motifs is 1. The van der Waals surface area contributed by atoms with Crippen molar-refractivity contribution < 1.29 is 0 Å². The van der Waals surface area contributed by atoms with Crippen molar-refractivity contribution in [2.45, 2.75) is 45.6 Å². The molecule has 2 saturated heterocycles. The van der Waals surface area contributed by atoms with Crippen LogP contribution in [0.25, 0.3) is 0 Å². The van der Waals surface area contributed by atoms with Crippen molar-refractivity contribution in [1.82, 2.24) is 5.32 Å². The second-order valence-corrected chi connectivity index (χ2v) is 4.87. The molecule has 2 aliphatic heterocycles. The second kappa shape index (κ2) is 2.01. The maximum Gasteiger partial charge on any atom is 0.0216 e. The van der Waals surface area contributed by atoms with Gasteiger partial charge in [-0.05, 0) is 30.6 Å². The van der Waals surface area contributed by atoms with Crippen LogP contribution in [-0.2, 0) is 0 Å². The Morgan fingerprint density at radius 3 is 2.27 bits per heavy atom. The average molecular weight is 153 g/mol. The van der Waals surface area contributed by atoms with E-state index in [9.17, 15) is 0 Å². The van der Waals surface area contributed by atoms with E-state index in [2.05, 4.69) is 26.1 Å². The van der Waals surface area contributed by atoms with Crippen molar-refractivity contribution >= 4 is 0 Å². The van der Waals surface area contributed by atoms with Crippen LogP contribution in [0.3, 0.4) is 0 Å². The Hall–Kier alpha value is -0.0400. The molecule has 2 heterocycles.